The van der Waals surface area contributed by atoms with Crippen LogP contribution in [0.2, 0.25) is 55.9 Å². The fourth-order valence-corrected chi connectivity index (χ4v) is 9.47. The van der Waals surface area contributed by atoms with E-state index in [0.29, 0.717) is 6.42 Å². The highest BCUT2D eigenvalue weighted by molar-refractivity contribution is 6.74. The quantitative estimate of drug-likeness (QED) is 0.0733. The molecule has 57 heavy (non-hydrogen) atoms. The Balaban J connectivity index is 3.63. The topological polar surface area (TPSA) is 83.1 Å². The molecule has 0 bridgehead atoms. The van der Waals surface area contributed by atoms with Gasteiger partial charge in [-0.1, -0.05) is 108 Å². The lowest BCUT2D eigenvalue weighted by Gasteiger charge is -2.42. The summed E-state index contributed by atoms with van der Waals surface area (Å²) in [7, 11) is -6.21. The summed E-state index contributed by atoms with van der Waals surface area (Å²) in [4.78, 5) is 25.3. The van der Waals surface area contributed by atoms with Gasteiger partial charge >= 0.3 is 5.97 Å². The molecule has 10 heteroatoms. The van der Waals surface area contributed by atoms with Crippen molar-refractivity contribution in [3.05, 3.63) is 83.7 Å². The van der Waals surface area contributed by atoms with E-state index in [0.717, 1.165) is 48.8 Å². The van der Waals surface area contributed by atoms with Crippen LogP contribution >= 0.6 is 0 Å². The van der Waals surface area contributed by atoms with Crippen LogP contribution < -0.4 is 5.32 Å². The molecular weight excluding hydrogens is 759 g/mol. The van der Waals surface area contributed by atoms with Crippen molar-refractivity contribution in [3.63, 3.8) is 0 Å². The summed E-state index contributed by atoms with van der Waals surface area (Å²) in [6, 6.07) is 0. The molecule has 0 aromatic rings. The summed E-state index contributed by atoms with van der Waals surface area (Å²) >= 11 is 0. The van der Waals surface area contributed by atoms with Crippen LogP contribution in [0.4, 0.5) is 0 Å². The molecule has 0 saturated carbocycles. The molecule has 0 saturated heterocycles. The van der Waals surface area contributed by atoms with Gasteiger partial charge < -0.3 is 23.3 Å². The molecule has 0 radical (unpaired) electrons. The first-order valence-electron chi connectivity index (χ1n) is 21.2. The average molecular weight is 842 g/mol. The normalized spacial score (nSPS) is 22.8. The number of esters is 1. The third-order valence-electron chi connectivity index (χ3n) is 11.0. The Hall–Kier alpha value is -2.35. The maximum Gasteiger partial charge on any atom is 0.330 e. The minimum Gasteiger partial charge on any atom is -0.458 e. The summed E-state index contributed by atoms with van der Waals surface area (Å²) in [5.74, 6) is -0.568. The van der Waals surface area contributed by atoms with Crippen LogP contribution in [0.3, 0.4) is 0 Å². The van der Waals surface area contributed by atoms with E-state index < -0.39 is 25.0 Å². The van der Waals surface area contributed by atoms with Gasteiger partial charge in [0.15, 0.2) is 25.0 Å². The summed E-state index contributed by atoms with van der Waals surface area (Å²) in [6.45, 7) is 39.7. The van der Waals surface area contributed by atoms with Crippen molar-refractivity contribution in [2.45, 2.75) is 195 Å². The third-order valence-corrected chi connectivity index (χ3v) is 21.0. The van der Waals surface area contributed by atoms with Crippen molar-refractivity contribution in [3.8, 4) is 0 Å². The van der Waals surface area contributed by atoms with Crippen LogP contribution in [0.5, 0.6) is 0 Å². The number of allylic oxidation sites excluding steroid dienone is 7. The van der Waals surface area contributed by atoms with Crippen LogP contribution in [-0.2, 0) is 27.6 Å². The SMILES string of the molecule is CC(C)=CC(=O)NC=CC(C)=C[C@@H](C)[C@H]1CC(C)=CC=CCC[C@@H](O[Si](C)(C)C)[C@H](O[Si](C)(C)C(C)(C)C)C=C[C@H](O[Si](C)(C)C(C)(C)C)CCCC=CC(=O)O1. The minimum atomic E-state index is -2.17. The Morgan fingerprint density at radius 2 is 1.49 bits per heavy atom. The first kappa shape index (κ1) is 52.7. The molecule has 0 aliphatic carbocycles. The van der Waals surface area contributed by atoms with Gasteiger partial charge in [-0.3, -0.25) is 4.79 Å². The van der Waals surface area contributed by atoms with Crippen LogP contribution in [0.25, 0.3) is 0 Å². The summed E-state index contributed by atoms with van der Waals surface area (Å²) in [5, 5.41) is 2.89. The van der Waals surface area contributed by atoms with Crippen molar-refractivity contribution in [1.29, 1.82) is 0 Å². The number of amides is 1. The van der Waals surface area contributed by atoms with E-state index in [1.54, 1.807) is 18.4 Å². The monoisotopic (exact) mass is 842 g/mol. The lowest BCUT2D eigenvalue weighted by molar-refractivity contribution is -0.144. The van der Waals surface area contributed by atoms with E-state index in [2.05, 4.69) is 143 Å². The van der Waals surface area contributed by atoms with Crippen molar-refractivity contribution < 1.29 is 27.6 Å². The van der Waals surface area contributed by atoms with Crippen molar-refractivity contribution in [1.82, 2.24) is 5.32 Å². The van der Waals surface area contributed by atoms with Gasteiger partial charge in [-0.15, -0.1) is 0 Å². The summed E-state index contributed by atoms with van der Waals surface area (Å²) in [5.41, 5.74) is 3.02. The van der Waals surface area contributed by atoms with Gasteiger partial charge in [0.1, 0.15) is 6.10 Å². The Morgan fingerprint density at radius 1 is 0.877 bits per heavy atom. The highest BCUT2D eigenvalue weighted by Gasteiger charge is 2.42. The Labute approximate surface area is 353 Å². The van der Waals surface area contributed by atoms with Crippen molar-refractivity contribution in [2.24, 2.45) is 5.92 Å². The number of ether oxygens (including phenoxy) is 1. The lowest BCUT2D eigenvalue weighted by atomic mass is 9.95. The van der Waals surface area contributed by atoms with Gasteiger partial charge in [0.25, 0.3) is 0 Å². The second-order valence-electron chi connectivity index (χ2n) is 20.3. The standard InChI is InChI=1S/C47H83NO6Si3/c1-36(2)33-44(49)48-32-31-38(4)34-39(5)43-35-37(3)25-21-19-23-27-41(53-55(12,13)14)42(54-57(17,18)47(9,10)11)30-29-40(52-56(15,16)46(6,7)8)26-22-20-24-28-45(50)51-43/h19,21,24-25,28-34,39-43H,20,22-23,26-27,35H2,1-18H3,(H,48,49)/t39-,40-,41-,42-,43-/m1/s1. The molecule has 7 nitrogen and oxygen atoms in total. The molecular formula is C47H83NO6Si3. The second kappa shape index (κ2) is 23.4. The van der Waals surface area contributed by atoms with E-state index in [1.165, 1.54) is 0 Å². The van der Waals surface area contributed by atoms with Gasteiger partial charge in [0, 0.05) is 30.7 Å². The predicted octanol–water partition coefficient (Wildman–Crippen LogP) is 13.0. The first-order valence-corrected chi connectivity index (χ1v) is 30.5. The molecule has 1 amide bonds. The third kappa shape index (κ3) is 21.5. The lowest BCUT2D eigenvalue weighted by Crippen LogP contribution is -2.49. The van der Waals surface area contributed by atoms with Gasteiger partial charge in [0.05, 0.1) is 18.3 Å². The molecule has 0 aromatic heterocycles. The number of hydrogen-bond donors (Lipinski definition) is 1. The summed E-state index contributed by atoms with van der Waals surface area (Å²) < 4.78 is 27.4. The molecule has 0 fully saturated rings. The largest absolute Gasteiger partial charge is 0.458 e. The molecule has 1 rings (SSSR count). The average Bonchev–Trinajstić information content (AvgIpc) is 3.02. The molecule has 0 aromatic carbocycles. The van der Waals surface area contributed by atoms with E-state index in [-0.39, 0.29) is 52.3 Å². The zero-order valence-corrected chi connectivity index (χ0v) is 42.4. The molecule has 0 spiro atoms. The highest BCUT2D eigenvalue weighted by atomic mass is 28.4. The van der Waals surface area contributed by atoms with E-state index in [4.69, 9.17) is 18.0 Å². The molecule has 0 unspecified atom stereocenters. The number of carbonyl (C=O) groups excluding carboxylic acids is 2. The van der Waals surface area contributed by atoms with Crippen LogP contribution in [-0.4, -0.2) is 61.2 Å². The number of cyclic esters (lactones) is 1. The summed E-state index contributed by atoms with van der Waals surface area (Å²) in [6.07, 6.45) is 25.6. The molecule has 1 heterocycles. The van der Waals surface area contributed by atoms with Crippen LogP contribution in [0.1, 0.15) is 115 Å². The fourth-order valence-electron chi connectivity index (χ4n) is 5.73. The number of nitrogens with one attached hydrogen (secondary N) is 1. The smallest absolute Gasteiger partial charge is 0.330 e. The second-order valence-corrected chi connectivity index (χ2v) is 34.3. The number of carbonyl (C=O) groups is 2. The minimum absolute atomic E-state index is 0.0457. The van der Waals surface area contributed by atoms with Gasteiger partial charge in [-0.25, -0.2) is 4.79 Å². The van der Waals surface area contributed by atoms with Gasteiger partial charge in [0.2, 0.25) is 5.91 Å². The van der Waals surface area contributed by atoms with Crippen molar-refractivity contribution in [2.75, 3.05) is 0 Å². The van der Waals surface area contributed by atoms with Crippen LogP contribution in [0, 0.1) is 5.92 Å². The zero-order valence-electron chi connectivity index (χ0n) is 39.4. The van der Waals surface area contributed by atoms with Crippen LogP contribution in [0.15, 0.2) is 83.7 Å². The highest BCUT2D eigenvalue weighted by Crippen LogP contribution is 2.40. The Morgan fingerprint density at radius 3 is 2.07 bits per heavy atom. The van der Waals surface area contributed by atoms with E-state index in [9.17, 15) is 9.59 Å². The zero-order chi connectivity index (χ0) is 43.8. The molecule has 5 atom stereocenters. The van der Waals surface area contributed by atoms with E-state index >= 15 is 0 Å². The maximum atomic E-state index is 13.2. The maximum absolute atomic E-state index is 13.2. The van der Waals surface area contributed by atoms with Gasteiger partial charge in [-0.05, 0) is 122 Å². The Kier molecular flexibility index (Phi) is 21.7. The van der Waals surface area contributed by atoms with Gasteiger partial charge in [-0.2, -0.15) is 0 Å². The number of rotatable bonds is 11. The molecule has 1 aliphatic heterocycles. The van der Waals surface area contributed by atoms with Crippen molar-refractivity contribution >= 4 is 36.8 Å². The predicted molar refractivity (Wildman–Crippen MR) is 251 cm³/mol. The fraction of sp³-hybridized carbons (Fsp3) is 0.660. The molecule has 1 aliphatic rings. The van der Waals surface area contributed by atoms with E-state index in [1.807, 2.05) is 32.9 Å². The Bertz CT molecular complexity index is 1490. The number of hydrogen-bond acceptors (Lipinski definition) is 6. The first-order chi connectivity index (χ1) is 26.0. The molecule has 324 valence electrons. The molecule has 1 N–H and O–H groups in total.